The number of carbonyl (C=O) groups excluding carboxylic acids is 1. The third-order valence-corrected chi connectivity index (χ3v) is 4.12. The predicted molar refractivity (Wildman–Crippen MR) is 103 cm³/mol. The molecule has 6 heteroatoms. The Labute approximate surface area is 157 Å². The molecule has 27 heavy (non-hydrogen) atoms. The lowest BCUT2D eigenvalue weighted by Gasteiger charge is -2.20. The minimum atomic E-state index is -0.277. The smallest absolute Gasteiger partial charge is 0.272 e. The van der Waals surface area contributed by atoms with Crippen molar-refractivity contribution in [2.45, 2.75) is 20.0 Å². The van der Waals surface area contributed by atoms with Gasteiger partial charge in [0.05, 0.1) is 0 Å². The molecule has 1 amide bonds. The highest BCUT2D eigenvalue weighted by Crippen LogP contribution is 2.11. The van der Waals surface area contributed by atoms with Gasteiger partial charge < -0.3 is 10.2 Å². The summed E-state index contributed by atoms with van der Waals surface area (Å²) in [6.45, 7) is 3.49. The van der Waals surface area contributed by atoms with Crippen molar-refractivity contribution in [1.29, 1.82) is 0 Å². The first-order valence-corrected chi connectivity index (χ1v) is 8.80. The zero-order valence-electron chi connectivity index (χ0n) is 15.1. The van der Waals surface area contributed by atoms with Crippen LogP contribution in [0.3, 0.4) is 0 Å². The first-order chi connectivity index (χ1) is 13.2. The molecule has 138 valence electrons. The van der Waals surface area contributed by atoms with Crippen LogP contribution in [0.5, 0.6) is 0 Å². The summed E-state index contributed by atoms with van der Waals surface area (Å²) in [4.78, 5) is 23.0. The van der Waals surface area contributed by atoms with Gasteiger partial charge in [-0.2, -0.15) is 0 Å². The molecule has 3 rings (SSSR count). The summed E-state index contributed by atoms with van der Waals surface area (Å²) in [5, 5.41) is 3.07. The molecule has 1 heterocycles. The minimum absolute atomic E-state index is 0.145. The molecule has 0 radical (unpaired) electrons. The minimum Gasteiger partial charge on any atom is -0.350 e. The number of hydrogen-bond donors (Lipinski definition) is 1. The van der Waals surface area contributed by atoms with Gasteiger partial charge in [0.2, 0.25) is 5.95 Å². The van der Waals surface area contributed by atoms with Gasteiger partial charge in [-0.25, -0.2) is 14.4 Å². The van der Waals surface area contributed by atoms with Crippen LogP contribution in [0.4, 0.5) is 10.3 Å². The second-order valence-corrected chi connectivity index (χ2v) is 6.05. The second-order valence-electron chi connectivity index (χ2n) is 6.05. The number of nitrogens with zero attached hydrogens (tertiary/aromatic N) is 3. The highest BCUT2D eigenvalue weighted by Gasteiger charge is 2.16. The number of nitrogens with one attached hydrogen (secondary N) is 1. The van der Waals surface area contributed by atoms with Gasteiger partial charge >= 0.3 is 0 Å². The van der Waals surface area contributed by atoms with Crippen molar-refractivity contribution in [1.82, 2.24) is 14.9 Å². The second kappa shape index (κ2) is 8.89. The molecule has 0 spiro atoms. The van der Waals surface area contributed by atoms with Crippen molar-refractivity contribution in [2.75, 3.05) is 11.9 Å². The van der Waals surface area contributed by atoms with Crippen LogP contribution < -0.4 is 5.32 Å². The zero-order chi connectivity index (χ0) is 19.1. The van der Waals surface area contributed by atoms with Crippen LogP contribution in [0.2, 0.25) is 0 Å². The van der Waals surface area contributed by atoms with E-state index >= 15 is 0 Å². The van der Waals surface area contributed by atoms with Crippen molar-refractivity contribution in [3.05, 3.63) is 89.5 Å². The van der Waals surface area contributed by atoms with E-state index in [2.05, 4.69) is 15.3 Å². The molecule has 0 bridgehead atoms. The molecule has 1 N–H and O–H groups in total. The van der Waals surface area contributed by atoms with E-state index in [0.717, 1.165) is 11.1 Å². The number of anilines is 1. The van der Waals surface area contributed by atoms with Crippen molar-refractivity contribution in [2.24, 2.45) is 0 Å². The van der Waals surface area contributed by atoms with Gasteiger partial charge in [0.25, 0.3) is 5.91 Å². The molecule has 0 aliphatic rings. The molecule has 0 fully saturated rings. The average Bonchev–Trinajstić information content (AvgIpc) is 2.72. The normalized spacial score (nSPS) is 10.4. The fourth-order valence-corrected chi connectivity index (χ4v) is 2.64. The highest BCUT2D eigenvalue weighted by atomic mass is 19.1. The van der Waals surface area contributed by atoms with Crippen molar-refractivity contribution in [3.63, 3.8) is 0 Å². The van der Waals surface area contributed by atoms with Gasteiger partial charge in [0.1, 0.15) is 11.5 Å². The van der Waals surface area contributed by atoms with E-state index in [1.165, 1.54) is 12.1 Å². The quantitative estimate of drug-likeness (QED) is 0.691. The van der Waals surface area contributed by atoms with E-state index in [4.69, 9.17) is 0 Å². The van der Waals surface area contributed by atoms with Gasteiger partial charge in [-0.1, -0.05) is 42.5 Å². The van der Waals surface area contributed by atoms with Gasteiger partial charge in [0.15, 0.2) is 0 Å². The van der Waals surface area contributed by atoms with Crippen LogP contribution in [0, 0.1) is 5.82 Å². The summed E-state index contributed by atoms with van der Waals surface area (Å²) in [5.74, 6) is -0.0600. The standard InChI is InChI=1S/C21H21FN4O/c1-2-26(15-17-6-4-3-5-7-17)20(27)19-12-13-23-21(25-19)24-14-16-8-10-18(22)11-9-16/h3-13H,2,14-15H2,1H3,(H,23,24,25). The third kappa shape index (κ3) is 5.10. The van der Waals surface area contributed by atoms with Crippen LogP contribution in [-0.2, 0) is 13.1 Å². The topological polar surface area (TPSA) is 58.1 Å². The molecule has 0 unspecified atom stereocenters. The number of amides is 1. The van der Waals surface area contributed by atoms with Gasteiger partial charge in [-0.15, -0.1) is 0 Å². The van der Waals surface area contributed by atoms with E-state index in [-0.39, 0.29) is 11.7 Å². The third-order valence-electron chi connectivity index (χ3n) is 4.12. The van der Waals surface area contributed by atoms with E-state index in [9.17, 15) is 9.18 Å². The summed E-state index contributed by atoms with van der Waals surface area (Å²) < 4.78 is 13.0. The van der Waals surface area contributed by atoms with Crippen LogP contribution in [0.15, 0.2) is 66.9 Å². The SMILES string of the molecule is CCN(Cc1ccccc1)C(=O)c1ccnc(NCc2ccc(F)cc2)n1. The Morgan fingerprint density at radius 2 is 1.78 bits per heavy atom. The predicted octanol–water partition coefficient (Wildman–Crippen LogP) is 3.89. The molecule has 3 aromatic rings. The number of halogens is 1. The number of carbonyl (C=O) groups is 1. The molecule has 0 atom stereocenters. The van der Waals surface area contributed by atoms with Crippen LogP contribution >= 0.6 is 0 Å². The van der Waals surface area contributed by atoms with Gasteiger partial charge in [-0.05, 0) is 36.2 Å². The lowest BCUT2D eigenvalue weighted by atomic mass is 10.2. The largest absolute Gasteiger partial charge is 0.350 e. The molecule has 2 aromatic carbocycles. The number of benzene rings is 2. The maximum atomic E-state index is 13.0. The average molecular weight is 364 g/mol. The molecular formula is C21H21FN4O. The molecule has 5 nitrogen and oxygen atoms in total. The summed E-state index contributed by atoms with van der Waals surface area (Å²) in [5.41, 5.74) is 2.30. The molecule has 0 aliphatic carbocycles. The fraction of sp³-hybridized carbons (Fsp3) is 0.190. The first-order valence-electron chi connectivity index (χ1n) is 8.80. The molecule has 0 aliphatic heterocycles. The molecular weight excluding hydrogens is 343 g/mol. The lowest BCUT2D eigenvalue weighted by Crippen LogP contribution is -2.31. The maximum Gasteiger partial charge on any atom is 0.272 e. The van der Waals surface area contributed by atoms with Crippen LogP contribution in [0.25, 0.3) is 0 Å². The van der Waals surface area contributed by atoms with Crippen molar-refractivity contribution < 1.29 is 9.18 Å². The fourth-order valence-electron chi connectivity index (χ4n) is 2.64. The summed E-state index contributed by atoms with van der Waals surface area (Å²) in [6.07, 6.45) is 1.56. The number of rotatable bonds is 7. The monoisotopic (exact) mass is 364 g/mol. The van der Waals surface area contributed by atoms with E-state index in [0.29, 0.717) is 31.3 Å². The Morgan fingerprint density at radius 3 is 2.48 bits per heavy atom. The van der Waals surface area contributed by atoms with Crippen molar-refractivity contribution >= 4 is 11.9 Å². The maximum absolute atomic E-state index is 13.0. The van der Waals surface area contributed by atoms with Gasteiger partial charge in [0, 0.05) is 25.8 Å². The first kappa shape index (κ1) is 18.5. The molecule has 0 saturated heterocycles. The Bertz CT molecular complexity index is 884. The van der Waals surface area contributed by atoms with Crippen LogP contribution in [-0.4, -0.2) is 27.3 Å². The Hall–Kier alpha value is -3.28. The van der Waals surface area contributed by atoms with Gasteiger partial charge in [-0.3, -0.25) is 4.79 Å². The summed E-state index contributed by atoms with van der Waals surface area (Å²) in [7, 11) is 0. The zero-order valence-corrected chi connectivity index (χ0v) is 15.1. The lowest BCUT2D eigenvalue weighted by molar-refractivity contribution is 0.0746. The van der Waals surface area contributed by atoms with E-state index in [1.54, 1.807) is 29.3 Å². The van der Waals surface area contributed by atoms with Crippen molar-refractivity contribution in [3.8, 4) is 0 Å². The van der Waals surface area contributed by atoms with Crippen LogP contribution in [0.1, 0.15) is 28.5 Å². The van der Waals surface area contributed by atoms with E-state index in [1.807, 2.05) is 37.3 Å². The molecule has 0 saturated carbocycles. The number of aromatic nitrogens is 2. The summed E-state index contributed by atoms with van der Waals surface area (Å²) in [6, 6.07) is 17.6. The summed E-state index contributed by atoms with van der Waals surface area (Å²) >= 11 is 0. The molecule has 1 aromatic heterocycles. The Balaban J connectivity index is 1.67. The Kier molecular flexibility index (Phi) is 6.10. The number of hydrogen-bond acceptors (Lipinski definition) is 4. The Morgan fingerprint density at radius 1 is 1.04 bits per heavy atom. The van der Waals surface area contributed by atoms with E-state index < -0.39 is 0 Å². The highest BCUT2D eigenvalue weighted by molar-refractivity contribution is 5.92.